The molecule has 226 valence electrons. The van der Waals surface area contributed by atoms with Crippen LogP contribution in [0.1, 0.15) is 27.9 Å². The van der Waals surface area contributed by atoms with Crippen LogP contribution in [-0.2, 0) is 33.3 Å². The van der Waals surface area contributed by atoms with Gasteiger partial charge in [-0.1, -0.05) is 65.7 Å². The van der Waals surface area contributed by atoms with Gasteiger partial charge in [-0.3, -0.25) is 9.78 Å². The molecule has 43 heavy (non-hydrogen) atoms. The predicted octanol–water partition coefficient (Wildman–Crippen LogP) is 8.25. The van der Waals surface area contributed by atoms with Gasteiger partial charge in [0.25, 0.3) is 11.5 Å². The first-order chi connectivity index (χ1) is 20.1. The molecule has 0 fully saturated rings. The standard InChI is InChI=1S/C30H21Cl2F7N2O2/c1-43-28(30(37,38)39,19-7-3-2-4-8-19)26(42)41-27(25-11-10-23(32)17-40-25,16-18-6-5-9-22(31)12-18)20-13-21(29(34,35)36)15-24(33)14-20/h2-15,17H,16H2,1H3,(H,41,42)/t27-,28-/m0/s1. The van der Waals surface area contributed by atoms with E-state index < -0.39 is 58.3 Å². The number of nitrogens with zero attached hydrogens (tertiary/aromatic N) is 1. The minimum absolute atomic E-state index is 0.0766. The lowest BCUT2D eigenvalue weighted by Crippen LogP contribution is -2.61. The van der Waals surface area contributed by atoms with Crippen molar-refractivity contribution in [2.24, 2.45) is 0 Å². The molecule has 0 saturated heterocycles. The summed E-state index contributed by atoms with van der Waals surface area (Å²) in [6.07, 6.45) is -9.85. The number of amides is 1. The number of carbonyl (C=O) groups excluding carboxylic acids is 1. The number of hydrogen-bond donors (Lipinski definition) is 1. The summed E-state index contributed by atoms with van der Waals surface area (Å²) in [6.45, 7) is 0. The molecule has 0 unspecified atom stereocenters. The molecule has 0 radical (unpaired) electrons. The number of carbonyl (C=O) groups is 1. The summed E-state index contributed by atoms with van der Waals surface area (Å²) >= 11 is 12.1. The molecule has 4 aromatic rings. The topological polar surface area (TPSA) is 51.2 Å². The Morgan fingerprint density at radius 3 is 2.05 bits per heavy atom. The Morgan fingerprint density at radius 2 is 1.49 bits per heavy atom. The highest BCUT2D eigenvalue weighted by atomic mass is 35.5. The molecule has 0 aliphatic rings. The first kappa shape index (κ1) is 32.2. The van der Waals surface area contributed by atoms with E-state index in [2.05, 4.69) is 10.3 Å². The molecule has 1 amide bonds. The summed E-state index contributed by atoms with van der Waals surface area (Å²) in [4.78, 5) is 18.2. The third-order valence-electron chi connectivity index (χ3n) is 6.77. The minimum atomic E-state index is -5.37. The lowest BCUT2D eigenvalue weighted by Gasteiger charge is -2.40. The SMILES string of the molecule is CO[C@](C(=O)N[C@@](Cc1cccc(Cl)c1)(c1cc(F)cc(C(F)(F)F)c1)c1ccc(Cl)cn1)(c1ccccc1)C(F)(F)F. The molecule has 0 saturated carbocycles. The number of hydrogen-bond acceptors (Lipinski definition) is 3. The zero-order chi connectivity index (χ0) is 31.6. The van der Waals surface area contributed by atoms with Crippen LogP contribution in [0.3, 0.4) is 0 Å². The molecule has 4 rings (SSSR count). The van der Waals surface area contributed by atoms with Crippen LogP contribution >= 0.6 is 23.2 Å². The van der Waals surface area contributed by atoms with Crippen molar-refractivity contribution < 1.29 is 40.3 Å². The molecule has 0 bridgehead atoms. The fraction of sp³-hybridized carbons (Fsp3) is 0.200. The number of ether oxygens (including phenoxy) is 1. The molecule has 1 heterocycles. The molecule has 3 aromatic carbocycles. The maximum atomic E-state index is 14.9. The van der Waals surface area contributed by atoms with Crippen LogP contribution in [0.2, 0.25) is 10.0 Å². The third kappa shape index (κ3) is 6.48. The van der Waals surface area contributed by atoms with Gasteiger partial charge >= 0.3 is 12.4 Å². The molecule has 0 aliphatic carbocycles. The highest BCUT2D eigenvalue weighted by molar-refractivity contribution is 6.30. The average molecular weight is 645 g/mol. The Hall–Kier alpha value is -3.67. The van der Waals surface area contributed by atoms with Crippen molar-refractivity contribution >= 4 is 29.1 Å². The van der Waals surface area contributed by atoms with Gasteiger partial charge in [0.05, 0.1) is 16.3 Å². The smallest absolute Gasteiger partial charge is 0.356 e. The van der Waals surface area contributed by atoms with Crippen molar-refractivity contribution in [3.05, 3.63) is 135 Å². The lowest BCUT2D eigenvalue weighted by molar-refractivity contribution is -0.266. The fourth-order valence-electron chi connectivity index (χ4n) is 4.81. The van der Waals surface area contributed by atoms with E-state index in [1.807, 2.05) is 0 Å². The van der Waals surface area contributed by atoms with Crippen LogP contribution in [0.15, 0.2) is 91.1 Å². The lowest BCUT2D eigenvalue weighted by atomic mass is 9.78. The molecule has 4 nitrogen and oxygen atoms in total. The second-order valence-corrected chi connectivity index (χ2v) is 10.4. The van der Waals surface area contributed by atoms with Crippen LogP contribution in [0, 0.1) is 5.82 Å². The summed E-state index contributed by atoms with van der Waals surface area (Å²) in [5, 5.41) is 2.55. The molecule has 2 atom stereocenters. The number of pyridine rings is 1. The van der Waals surface area contributed by atoms with E-state index in [1.54, 1.807) is 0 Å². The van der Waals surface area contributed by atoms with Crippen molar-refractivity contribution in [2.45, 2.75) is 29.9 Å². The van der Waals surface area contributed by atoms with Gasteiger partial charge in [0.1, 0.15) is 11.4 Å². The van der Waals surface area contributed by atoms with Crippen LogP contribution in [0.5, 0.6) is 0 Å². The maximum Gasteiger partial charge on any atom is 0.430 e. The Labute approximate surface area is 251 Å². The van der Waals surface area contributed by atoms with Gasteiger partial charge in [0, 0.05) is 30.3 Å². The van der Waals surface area contributed by atoms with Crippen LogP contribution < -0.4 is 5.32 Å². The van der Waals surface area contributed by atoms with Gasteiger partial charge in [0.2, 0.25) is 0 Å². The summed E-state index contributed by atoms with van der Waals surface area (Å²) in [5.74, 6) is -3.16. The second kappa shape index (κ2) is 12.1. The van der Waals surface area contributed by atoms with Crippen molar-refractivity contribution in [2.75, 3.05) is 7.11 Å². The Kier molecular flexibility index (Phi) is 9.10. The molecule has 13 heteroatoms. The number of halogens is 9. The molecule has 0 spiro atoms. The number of nitrogens with one attached hydrogen (secondary N) is 1. The quantitative estimate of drug-likeness (QED) is 0.197. The van der Waals surface area contributed by atoms with Gasteiger partial charge < -0.3 is 10.1 Å². The van der Waals surface area contributed by atoms with Crippen molar-refractivity contribution in [1.29, 1.82) is 0 Å². The second-order valence-electron chi connectivity index (χ2n) is 9.50. The van der Waals surface area contributed by atoms with E-state index in [0.717, 1.165) is 18.3 Å². The number of alkyl halides is 6. The molecule has 0 aliphatic heterocycles. The number of aromatic nitrogens is 1. The van der Waals surface area contributed by atoms with Gasteiger partial charge in [-0.2, -0.15) is 26.3 Å². The zero-order valence-corrected chi connectivity index (χ0v) is 23.5. The van der Waals surface area contributed by atoms with Gasteiger partial charge in [0.15, 0.2) is 0 Å². The minimum Gasteiger partial charge on any atom is -0.356 e. The van der Waals surface area contributed by atoms with Gasteiger partial charge in [-0.25, -0.2) is 4.39 Å². The number of methoxy groups -OCH3 is 1. The van der Waals surface area contributed by atoms with E-state index in [9.17, 15) is 35.5 Å². The van der Waals surface area contributed by atoms with E-state index in [4.69, 9.17) is 27.9 Å². The Balaban J connectivity index is 2.07. The van der Waals surface area contributed by atoms with Gasteiger partial charge in [-0.15, -0.1) is 0 Å². The third-order valence-corrected chi connectivity index (χ3v) is 7.23. The summed E-state index contributed by atoms with van der Waals surface area (Å²) in [6, 6.07) is 15.7. The largest absolute Gasteiger partial charge is 0.430 e. The molecular weight excluding hydrogens is 624 g/mol. The molecular formula is C30H21Cl2F7N2O2. The highest BCUT2D eigenvalue weighted by Crippen LogP contribution is 2.45. The first-order valence-corrected chi connectivity index (χ1v) is 13.1. The number of rotatable bonds is 8. The average Bonchev–Trinajstić information content (AvgIpc) is 2.93. The molecule has 1 N–H and O–H groups in total. The van der Waals surface area contributed by atoms with Crippen LogP contribution in [0.4, 0.5) is 30.7 Å². The maximum absolute atomic E-state index is 14.9. The van der Waals surface area contributed by atoms with Crippen molar-refractivity contribution in [3.63, 3.8) is 0 Å². The van der Waals surface area contributed by atoms with Crippen LogP contribution in [0.25, 0.3) is 0 Å². The van der Waals surface area contributed by atoms with Crippen molar-refractivity contribution in [1.82, 2.24) is 10.3 Å². The number of benzene rings is 3. The Bertz CT molecular complexity index is 1600. The Morgan fingerprint density at radius 1 is 0.814 bits per heavy atom. The monoisotopic (exact) mass is 644 g/mol. The van der Waals surface area contributed by atoms with E-state index in [1.165, 1.54) is 54.6 Å². The van der Waals surface area contributed by atoms with E-state index in [-0.39, 0.29) is 27.4 Å². The van der Waals surface area contributed by atoms with E-state index in [0.29, 0.717) is 19.2 Å². The zero-order valence-electron chi connectivity index (χ0n) is 22.0. The van der Waals surface area contributed by atoms with E-state index >= 15 is 0 Å². The molecule has 1 aromatic heterocycles. The fourth-order valence-corrected chi connectivity index (χ4v) is 5.13. The van der Waals surface area contributed by atoms with Crippen molar-refractivity contribution in [3.8, 4) is 0 Å². The highest BCUT2D eigenvalue weighted by Gasteiger charge is 2.64. The normalized spacial score (nSPS) is 14.9. The first-order valence-electron chi connectivity index (χ1n) is 12.4. The van der Waals surface area contributed by atoms with Gasteiger partial charge in [-0.05, 0) is 53.6 Å². The summed E-state index contributed by atoms with van der Waals surface area (Å²) in [5.41, 5.74) is -8.58. The summed E-state index contributed by atoms with van der Waals surface area (Å²) < 4.78 is 106. The van der Waals surface area contributed by atoms with Crippen LogP contribution in [-0.4, -0.2) is 24.2 Å². The summed E-state index contributed by atoms with van der Waals surface area (Å²) in [7, 11) is 0.670. The predicted molar refractivity (Wildman–Crippen MR) is 146 cm³/mol.